The molecule has 2 rings (SSSR count). The zero-order valence-corrected chi connectivity index (χ0v) is 13.5. The van der Waals surface area contributed by atoms with Crippen molar-refractivity contribution in [2.45, 2.75) is 52.5 Å². The number of anilines is 1. The van der Waals surface area contributed by atoms with Crippen LogP contribution in [-0.4, -0.2) is 39.9 Å². The number of piperidine rings is 1. The Balaban J connectivity index is 2.02. The smallest absolute Gasteiger partial charge is 0.219 e. The minimum Gasteiger partial charge on any atom is -0.365 e. The number of amides is 1. The fourth-order valence-corrected chi connectivity index (χ4v) is 2.63. The third-order valence-corrected chi connectivity index (χ3v) is 4.37. The second-order valence-corrected chi connectivity index (χ2v) is 6.31. The molecule has 5 heteroatoms. The molecule has 1 amide bonds. The van der Waals surface area contributed by atoms with Gasteiger partial charge in [0.25, 0.3) is 0 Å². The van der Waals surface area contributed by atoms with E-state index in [-0.39, 0.29) is 11.9 Å². The van der Waals surface area contributed by atoms with Crippen LogP contribution in [0, 0.1) is 5.92 Å². The zero-order valence-electron chi connectivity index (χ0n) is 13.5. The molecule has 1 N–H and O–H groups in total. The van der Waals surface area contributed by atoms with E-state index in [0.29, 0.717) is 11.8 Å². The van der Waals surface area contributed by atoms with Gasteiger partial charge in [-0.1, -0.05) is 20.8 Å². The third-order valence-electron chi connectivity index (χ3n) is 4.37. The summed E-state index contributed by atoms with van der Waals surface area (Å²) in [6, 6.07) is 2.32. The zero-order chi connectivity index (χ0) is 15.4. The molecule has 2 atom stereocenters. The van der Waals surface area contributed by atoms with Crippen LogP contribution in [0.2, 0.25) is 0 Å². The van der Waals surface area contributed by atoms with Gasteiger partial charge in [0, 0.05) is 43.7 Å². The first-order chi connectivity index (χ1) is 9.97. The van der Waals surface area contributed by atoms with Crippen molar-refractivity contribution in [2.24, 2.45) is 5.92 Å². The van der Waals surface area contributed by atoms with Gasteiger partial charge in [0.15, 0.2) is 0 Å². The average Bonchev–Trinajstić information content (AvgIpc) is 2.47. The lowest BCUT2D eigenvalue weighted by atomic mass is 9.94. The summed E-state index contributed by atoms with van der Waals surface area (Å²) >= 11 is 0. The number of carbonyl (C=O) groups excluding carboxylic acids is 1. The minimum absolute atomic E-state index is 0.151. The van der Waals surface area contributed by atoms with Crippen molar-refractivity contribution in [3.05, 3.63) is 18.1 Å². The van der Waals surface area contributed by atoms with Crippen LogP contribution >= 0.6 is 0 Å². The SMILES string of the molecule is CC(=O)N1CCC[C@@H](Nc2cc(C(C)C(C)C)ncn2)C1. The van der Waals surface area contributed by atoms with E-state index in [1.54, 1.807) is 13.3 Å². The molecule has 0 saturated carbocycles. The second-order valence-electron chi connectivity index (χ2n) is 6.31. The summed E-state index contributed by atoms with van der Waals surface area (Å²) in [6.07, 6.45) is 3.74. The summed E-state index contributed by atoms with van der Waals surface area (Å²) in [4.78, 5) is 22.1. The summed E-state index contributed by atoms with van der Waals surface area (Å²) in [7, 11) is 0. The highest BCUT2D eigenvalue weighted by atomic mass is 16.2. The maximum Gasteiger partial charge on any atom is 0.219 e. The number of nitrogens with one attached hydrogen (secondary N) is 1. The molecule has 1 aromatic rings. The molecule has 0 spiro atoms. The van der Waals surface area contributed by atoms with E-state index < -0.39 is 0 Å². The molecule has 0 aromatic carbocycles. The van der Waals surface area contributed by atoms with Crippen molar-refractivity contribution in [3.63, 3.8) is 0 Å². The maximum absolute atomic E-state index is 11.5. The molecule has 1 aromatic heterocycles. The van der Waals surface area contributed by atoms with Crippen LogP contribution in [0.1, 0.15) is 52.1 Å². The summed E-state index contributed by atoms with van der Waals surface area (Å²) in [6.45, 7) is 9.85. The van der Waals surface area contributed by atoms with Gasteiger partial charge in [0.1, 0.15) is 12.1 Å². The van der Waals surface area contributed by atoms with Gasteiger partial charge in [-0.3, -0.25) is 4.79 Å². The summed E-state index contributed by atoms with van der Waals surface area (Å²) in [5, 5.41) is 3.45. The number of aromatic nitrogens is 2. The highest BCUT2D eigenvalue weighted by Gasteiger charge is 2.22. The Labute approximate surface area is 127 Å². The number of carbonyl (C=O) groups is 1. The number of likely N-dealkylation sites (tertiary alicyclic amines) is 1. The van der Waals surface area contributed by atoms with Gasteiger partial charge in [-0.05, 0) is 18.8 Å². The first kappa shape index (κ1) is 15.7. The molecule has 1 fully saturated rings. The lowest BCUT2D eigenvalue weighted by molar-refractivity contribution is -0.129. The lowest BCUT2D eigenvalue weighted by Gasteiger charge is -2.32. The first-order valence-electron chi connectivity index (χ1n) is 7.81. The van der Waals surface area contributed by atoms with Crippen LogP contribution in [0.4, 0.5) is 5.82 Å². The first-order valence-corrected chi connectivity index (χ1v) is 7.81. The Hall–Kier alpha value is -1.65. The number of rotatable bonds is 4. The monoisotopic (exact) mass is 290 g/mol. The van der Waals surface area contributed by atoms with Gasteiger partial charge in [-0.25, -0.2) is 9.97 Å². The fraction of sp³-hybridized carbons (Fsp3) is 0.688. The average molecular weight is 290 g/mol. The van der Waals surface area contributed by atoms with Crippen molar-refractivity contribution in [1.29, 1.82) is 0 Å². The van der Waals surface area contributed by atoms with Crippen LogP contribution in [0.25, 0.3) is 0 Å². The Kier molecular flexibility index (Phi) is 5.15. The van der Waals surface area contributed by atoms with E-state index in [1.165, 1.54) is 0 Å². The molecule has 1 unspecified atom stereocenters. The van der Waals surface area contributed by atoms with Crippen LogP contribution in [0.5, 0.6) is 0 Å². The lowest BCUT2D eigenvalue weighted by Crippen LogP contribution is -2.44. The van der Waals surface area contributed by atoms with Gasteiger partial charge in [0.2, 0.25) is 5.91 Å². The third kappa shape index (κ3) is 4.16. The van der Waals surface area contributed by atoms with Crippen molar-refractivity contribution in [3.8, 4) is 0 Å². The van der Waals surface area contributed by atoms with Crippen molar-refractivity contribution < 1.29 is 4.79 Å². The van der Waals surface area contributed by atoms with E-state index in [1.807, 2.05) is 11.0 Å². The van der Waals surface area contributed by atoms with Gasteiger partial charge in [-0.15, -0.1) is 0 Å². The largest absolute Gasteiger partial charge is 0.365 e. The van der Waals surface area contributed by atoms with E-state index in [4.69, 9.17) is 0 Å². The molecular weight excluding hydrogens is 264 g/mol. The maximum atomic E-state index is 11.5. The van der Waals surface area contributed by atoms with E-state index in [9.17, 15) is 4.79 Å². The van der Waals surface area contributed by atoms with Gasteiger partial charge in [-0.2, -0.15) is 0 Å². The van der Waals surface area contributed by atoms with Crippen molar-refractivity contribution >= 4 is 11.7 Å². The molecule has 2 heterocycles. The quantitative estimate of drug-likeness (QED) is 0.926. The Morgan fingerprint density at radius 1 is 1.38 bits per heavy atom. The topological polar surface area (TPSA) is 58.1 Å². The Bertz CT molecular complexity index is 489. The van der Waals surface area contributed by atoms with Gasteiger partial charge < -0.3 is 10.2 Å². The molecule has 21 heavy (non-hydrogen) atoms. The predicted molar refractivity (Wildman–Crippen MR) is 84.2 cm³/mol. The summed E-state index contributed by atoms with van der Waals surface area (Å²) in [5.74, 6) is 1.98. The van der Waals surface area contributed by atoms with Gasteiger partial charge >= 0.3 is 0 Å². The molecule has 0 aliphatic carbocycles. The van der Waals surface area contributed by atoms with Crippen LogP contribution in [0.15, 0.2) is 12.4 Å². The molecule has 0 bridgehead atoms. The molecule has 0 radical (unpaired) electrons. The fourth-order valence-electron chi connectivity index (χ4n) is 2.63. The molecule has 1 aliphatic heterocycles. The standard InChI is InChI=1S/C16H26N4O/c1-11(2)12(3)15-8-16(18-10-17-15)19-14-6-5-7-20(9-14)13(4)21/h8,10-12,14H,5-7,9H2,1-4H3,(H,17,18,19)/t12?,14-/m1/s1. The van der Waals surface area contributed by atoms with E-state index >= 15 is 0 Å². The number of hydrogen-bond donors (Lipinski definition) is 1. The normalized spacial score (nSPS) is 20.4. The Morgan fingerprint density at radius 2 is 2.14 bits per heavy atom. The molecule has 5 nitrogen and oxygen atoms in total. The Morgan fingerprint density at radius 3 is 2.81 bits per heavy atom. The van der Waals surface area contributed by atoms with Crippen molar-refractivity contribution in [1.82, 2.24) is 14.9 Å². The minimum atomic E-state index is 0.151. The van der Waals surface area contributed by atoms with Crippen LogP contribution < -0.4 is 5.32 Å². The molecule has 1 aliphatic rings. The van der Waals surface area contributed by atoms with Crippen LogP contribution in [-0.2, 0) is 4.79 Å². The number of nitrogens with zero attached hydrogens (tertiary/aromatic N) is 3. The molecular formula is C16H26N4O. The highest BCUT2D eigenvalue weighted by molar-refractivity contribution is 5.73. The summed E-state index contributed by atoms with van der Waals surface area (Å²) in [5.41, 5.74) is 1.07. The predicted octanol–water partition coefficient (Wildman–Crippen LogP) is 2.66. The summed E-state index contributed by atoms with van der Waals surface area (Å²) < 4.78 is 0. The van der Waals surface area contributed by atoms with Crippen LogP contribution in [0.3, 0.4) is 0 Å². The van der Waals surface area contributed by atoms with Gasteiger partial charge in [0.05, 0.1) is 0 Å². The number of hydrogen-bond acceptors (Lipinski definition) is 4. The van der Waals surface area contributed by atoms with Crippen molar-refractivity contribution in [2.75, 3.05) is 18.4 Å². The molecule has 116 valence electrons. The highest BCUT2D eigenvalue weighted by Crippen LogP contribution is 2.23. The molecule has 1 saturated heterocycles. The second kappa shape index (κ2) is 6.87. The van der Waals surface area contributed by atoms with E-state index in [0.717, 1.165) is 37.4 Å². The van der Waals surface area contributed by atoms with E-state index in [2.05, 4.69) is 36.1 Å².